The smallest absolute Gasteiger partial charge is 0.0334 e. The van der Waals surface area contributed by atoms with Crippen molar-refractivity contribution in [3.05, 3.63) is 21.9 Å². The highest BCUT2D eigenvalue weighted by Gasteiger charge is 2.22. The minimum atomic E-state index is 0.286. The standard InChI is InChI=1S/C13H21NS/c1-10-8-15-9-12(10)13(14)11-6-4-2-3-5-7-11/h8-9,11,13H,2-7,14H2,1H3. The van der Waals surface area contributed by atoms with Crippen LogP contribution in [0, 0.1) is 12.8 Å². The Morgan fingerprint density at radius 2 is 1.87 bits per heavy atom. The van der Waals surface area contributed by atoms with E-state index in [4.69, 9.17) is 5.73 Å². The fraction of sp³-hybridized carbons (Fsp3) is 0.692. The lowest BCUT2D eigenvalue weighted by molar-refractivity contribution is 0.382. The number of hydrogen-bond donors (Lipinski definition) is 1. The topological polar surface area (TPSA) is 26.0 Å². The van der Waals surface area contributed by atoms with Gasteiger partial charge in [-0.1, -0.05) is 25.7 Å². The summed E-state index contributed by atoms with van der Waals surface area (Å²) in [6, 6.07) is 0.286. The molecule has 0 saturated heterocycles. The Hall–Kier alpha value is -0.340. The van der Waals surface area contributed by atoms with Gasteiger partial charge in [-0.3, -0.25) is 0 Å². The van der Waals surface area contributed by atoms with Crippen LogP contribution in [0.25, 0.3) is 0 Å². The van der Waals surface area contributed by atoms with Crippen molar-refractivity contribution < 1.29 is 0 Å². The lowest BCUT2D eigenvalue weighted by atomic mass is 9.88. The Morgan fingerprint density at radius 1 is 1.20 bits per heavy atom. The van der Waals surface area contributed by atoms with Crippen LogP contribution >= 0.6 is 11.3 Å². The van der Waals surface area contributed by atoms with Gasteiger partial charge in [0.15, 0.2) is 0 Å². The van der Waals surface area contributed by atoms with Gasteiger partial charge in [0.2, 0.25) is 0 Å². The van der Waals surface area contributed by atoms with Crippen molar-refractivity contribution >= 4 is 11.3 Å². The summed E-state index contributed by atoms with van der Waals surface area (Å²) in [6.45, 7) is 2.18. The Balaban J connectivity index is 2.06. The molecule has 2 rings (SSSR count). The summed E-state index contributed by atoms with van der Waals surface area (Å²) in [4.78, 5) is 0. The molecule has 1 aliphatic rings. The third-order valence-corrected chi connectivity index (χ3v) is 4.54. The molecular weight excluding hydrogens is 202 g/mol. The molecule has 1 aromatic rings. The van der Waals surface area contributed by atoms with Gasteiger partial charge in [-0.25, -0.2) is 0 Å². The van der Waals surface area contributed by atoms with Crippen LogP contribution in [0.5, 0.6) is 0 Å². The number of hydrogen-bond acceptors (Lipinski definition) is 2. The van der Waals surface area contributed by atoms with Crippen molar-refractivity contribution in [2.75, 3.05) is 0 Å². The zero-order chi connectivity index (χ0) is 10.7. The molecule has 2 N–H and O–H groups in total. The minimum Gasteiger partial charge on any atom is -0.324 e. The monoisotopic (exact) mass is 223 g/mol. The van der Waals surface area contributed by atoms with E-state index in [2.05, 4.69) is 17.7 Å². The summed E-state index contributed by atoms with van der Waals surface area (Å²) in [5.74, 6) is 0.723. The highest BCUT2D eigenvalue weighted by Crippen LogP contribution is 2.34. The van der Waals surface area contributed by atoms with Crippen LogP contribution in [0.1, 0.15) is 55.7 Å². The second-order valence-electron chi connectivity index (χ2n) is 4.79. The van der Waals surface area contributed by atoms with Gasteiger partial charge in [0.05, 0.1) is 0 Å². The van der Waals surface area contributed by atoms with E-state index in [9.17, 15) is 0 Å². The molecule has 0 spiro atoms. The normalized spacial score (nSPS) is 21.2. The second kappa shape index (κ2) is 5.13. The highest BCUT2D eigenvalue weighted by atomic mass is 32.1. The summed E-state index contributed by atoms with van der Waals surface area (Å²) >= 11 is 1.78. The van der Waals surface area contributed by atoms with Crippen molar-refractivity contribution in [2.45, 2.75) is 51.5 Å². The molecule has 1 unspecified atom stereocenters. The predicted octanol–water partition coefficient (Wildman–Crippen LogP) is 4.03. The van der Waals surface area contributed by atoms with Crippen LogP contribution in [0.4, 0.5) is 0 Å². The van der Waals surface area contributed by atoms with Crippen molar-refractivity contribution in [3.8, 4) is 0 Å². The molecule has 1 aliphatic carbocycles. The number of rotatable bonds is 2. The van der Waals surface area contributed by atoms with Crippen molar-refractivity contribution in [2.24, 2.45) is 11.7 Å². The summed E-state index contributed by atoms with van der Waals surface area (Å²) in [5.41, 5.74) is 9.17. The molecule has 1 fully saturated rings. The fourth-order valence-corrected chi connectivity index (χ4v) is 3.53. The third kappa shape index (κ3) is 2.61. The van der Waals surface area contributed by atoms with Crippen LogP contribution in [-0.2, 0) is 0 Å². The predicted molar refractivity (Wildman–Crippen MR) is 67.2 cm³/mol. The molecular formula is C13H21NS. The van der Waals surface area contributed by atoms with Crippen LogP contribution < -0.4 is 5.73 Å². The van der Waals surface area contributed by atoms with Crippen molar-refractivity contribution in [1.82, 2.24) is 0 Å². The van der Waals surface area contributed by atoms with E-state index in [0.717, 1.165) is 5.92 Å². The summed E-state index contributed by atoms with van der Waals surface area (Å²) < 4.78 is 0. The lowest BCUT2D eigenvalue weighted by Gasteiger charge is -2.22. The quantitative estimate of drug-likeness (QED) is 0.753. The molecule has 1 nitrogen and oxygen atoms in total. The van der Waals surface area contributed by atoms with Gasteiger partial charge < -0.3 is 5.73 Å². The van der Waals surface area contributed by atoms with Gasteiger partial charge in [0.1, 0.15) is 0 Å². The van der Waals surface area contributed by atoms with Gasteiger partial charge in [0, 0.05) is 6.04 Å². The van der Waals surface area contributed by atoms with Gasteiger partial charge >= 0.3 is 0 Å². The molecule has 0 bridgehead atoms. The zero-order valence-electron chi connectivity index (χ0n) is 9.54. The van der Waals surface area contributed by atoms with Gasteiger partial charge in [0.25, 0.3) is 0 Å². The average Bonchev–Trinajstić information content (AvgIpc) is 2.53. The summed E-state index contributed by atoms with van der Waals surface area (Å²) in [7, 11) is 0. The second-order valence-corrected chi connectivity index (χ2v) is 5.53. The average molecular weight is 223 g/mol. The van der Waals surface area contributed by atoms with Gasteiger partial charge in [-0.2, -0.15) is 11.3 Å². The molecule has 2 heteroatoms. The Morgan fingerprint density at radius 3 is 2.40 bits per heavy atom. The SMILES string of the molecule is Cc1cscc1C(N)C1CCCCCC1. The molecule has 0 radical (unpaired) electrons. The maximum Gasteiger partial charge on any atom is 0.0334 e. The maximum atomic E-state index is 6.39. The molecule has 0 amide bonds. The van der Waals surface area contributed by atoms with E-state index in [0.29, 0.717) is 0 Å². The first kappa shape index (κ1) is 11.2. The molecule has 1 aromatic heterocycles. The molecule has 1 atom stereocenters. The Kier molecular flexibility index (Phi) is 3.81. The number of thiophene rings is 1. The first-order chi connectivity index (χ1) is 7.29. The molecule has 84 valence electrons. The highest BCUT2D eigenvalue weighted by molar-refractivity contribution is 7.08. The van der Waals surface area contributed by atoms with Crippen LogP contribution in [-0.4, -0.2) is 0 Å². The first-order valence-electron chi connectivity index (χ1n) is 6.07. The summed E-state index contributed by atoms with van der Waals surface area (Å²) in [5, 5.41) is 4.46. The molecule has 1 saturated carbocycles. The number of aryl methyl sites for hydroxylation is 1. The van der Waals surface area contributed by atoms with Crippen molar-refractivity contribution in [3.63, 3.8) is 0 Å². The Bertz CT molecular complexity index is 297. The van der Waals surface area contributed by atoms with Crippen LogP contribution in [0.3, 0.4) is 0 Å². The number of nitrogens with two attached hydrogens (primary N) is 1. The van der Waals surface area contributed by atoms with Gasteiger partial charge in [-0.05, 0) is 47.6 Å². The third-order valence-electron chi connectivity index (χ3n) is 3.66. The zero-order valence-corrected chi connectivity index (χ0v) is 10.4. The first-order valence-corrected chi connectivity index (χ1v) is 7.01. The van der Waals surface area contributed by atoms with Crippen LogP contribution in [0.15, 0.2) is 10.8 Å². The van der Waals surface area contributed by atoms with E-state index < -0.39 is 0 Å². The van der Waals surface area contributed by atoms with Crippen molar-refractivity contribution in [1.29, 1.82) is 0 Å². The van der Waals surface area contributed by atoms with E-state index in [1.165, 1.54) is 49.7 Å². The van der Waals surface area contributed by atoms with E-state index in [1.54, 1.807) is 11.3 Å². The maximum absolute atomic E-state index is 6.39. The van der Waals surface area contributed by atoms with E-state index >= 15 is 0 Å². The molecule has 0 aromatic carbocycles. The van der Waals surface area contributed by atoms with E-state index in [-0.39, 0.29) is 6.04 Å². The molecule has 0 aliphatic heterocycles. The molecule has 15 heavy (non-hydrogen) atoms. The van der Waals surface area contributed by atoms with E-state index in [1.807, 2.05) is 0 Å². The fourth-order valence-electron chi connectivity index (χ4n) is 2.64. The minimum absolute atomic E-state index is 0.286. The Labute approximate surface area is 96.7 Å². The summed E-state index contributed by atoms with van der Waals surface area (Å²) in [6.07, 6.45) is 8.23. The van der Waals surface area contributed by atoms with Gasteiger partial charge in [-0.15, -0.1) is 0 Å². The lowest BCUT2D eigenvalue weighted by Crippen LogP contribution is -2.21. The largest absolute Gasteiger partial charge is 0.324 e. The van der Waals surface area contributed by atoms with Crippen LogP contribution in [0.2, 0.25) is 0 Å². The molecule has 1 heterocycles.